The Balaban J connectivity index is 2.11. The molecular weight excluding hydrogens is 214 g/mol. The summed E-state index contributed by atoms with van der Waals surface area (Å²) in [5, 5.41) is 0. The molecule has 0 radical (unpaired) electrons. The fourth-order valence-corrected chi connectivity index (χ4v) is 2.49. The molecule has 0 spiro atoms. The summed E-state index contributed by atoms with van der Waals surface area (Å²) in [6.45, 7) is 1.50. The minimum atomic E-state index is -0.670. The topological polar surface area (TPSA) is 55.3 Å². The summed E-state index contributed by atoms with van der Waals surface area (Å²) >= 11 is 0. The quantitative estimate of drug-likeness (QED) is 0.715. The molecule has 6 heteroatoms. The molecule has 1 aliphatic rings. The van der Waals surface area contributed by atoms with Crippen molar-refractivity contribution in [2.45, 2.75) is 0 Å². The number of rotatable bonds is 2. The summed E-state index contributed by atoms with van der Waals surface area (Å²) in [5.74, 6) is 2.61. The molecule has 0 N–H and O–H groups in total. The third kappa shape index (κ3) is 2.44. The number of methoxy groups -OCH3 is 1. The zero-order chi connectivity index (χ0) is 10.7. The van der Waals surface area contributed by atoms with Crippen molar-refractivity contribution in [3.8, 4) is 5.88 Å². The molecule has 1 fully saturated rings. The fourth-order valence-electron chi connectivity index (χ4n) is 1.44. The van der Waals surface area contributed by atoms with E-state index in [0.717, 1.165) is 13.1 Å². The monoisotopic (exact) mass is 227 g/mol. The SMILES string of the molecule is COc1ccnc(N2CCS(=O)CC2)n1. The van der Waals surface area contributed by atoms with Crippen molar-refractivity contribution in [2.75, 3.05) is 36.6 Å². The summed E-state index contributed by atoms with van der Waals surface area (Å²) in [4.78, 5) is 10.4. The van der Waals surface area contributed by atoms with Crippen LogP contribution in [0.4, 0.5) is 5.95 Å². The molecule has 0 bridgehead atoms. The van der Waals surface area contributed by atoms with Crippen molar-refractivity contribution < 1.29 is 8.95 Å². The van der Waals surface area contributed by atoms with Crippen LogP contribution < -0.4 is 9.64 Å². The van der Waals surface area contributed by atoms with E-state index < -0.39 is 10.8 Å². The maximum atomic E-state index is 11.2. The van der Waals surface area contributed by atoms with Crippen molar-refractivity contribution in [3.05, 3.63) is 12.3 Å². The Morgan fingerprint density at radius 2 is 2.20 bits per heavy atom. The Morgan fingerprint density at radius 1 is 1.47 bits per heavy atom. The molecule has 0 aromatic carbocycles. The number of aromatic nitrogens is 2. The normalized spacial score (nSPS) is 17.8. The average molecular weight is 227 g/mol. The molecule has 0 saturated carbocycles. The van der Waals surface area contributed by atoms with Crippen LogP contribution in [0.3, 0.4) is 0 Å². The number of anilines is 1. The minimum Gasteiger partial charge on any atom is -0.481 e. The molecule has 1 aliphatic heterocycles. The number of nitrogens with zero attached hydrogens (tertiary/aromatic N) is 3. The van der Waals surface area contributed by atoms with Crippen molar-refractivity contribution in [1.29, 1.82) is 0 Å². The second kappa shape index (κ2) is 4.57. The van der Waals surface area contributed by atoms with Gasteiger partial charge in [0.2, 0.25) is 11.8 Å². The van der Waals surface area contributed by atoms with Gasteiger partial charge in [-0.3, -0.25) is 4.21 Å². The van der Waals surface area contributed by atoms with Gasteiger partial charge in [-0.2, -0.15) is 4.98 Å². The Hall–Kier alpha value is -1.17. The Labute approximate surface area is 90.9 Å². The lowest BCUT2D eigenvalue weighted by molar-refractivity contribution is 0.396. The van der Waals surface area contributed by atoms with Crippen LogP contribution in [0.15, 0.2) is 12.3 Å². The molecular formula is C9H13N3O2S. The van der Waals surface area contributed by atoms with E-state index in [1.54, 1.807) is 19.4 Å². The number of hydrogen-bond acceptors (Lipinski definition) is 5. The summed E-state index contributed by atoms with van der Waals surface area (Å²) in [6.07, 6.45) is 1.67. The third-order valence-electron chi connectivity index (χ3n) is 2.29. The highest BCUT2D eigenvalue weighted by Crippen LogP contribution is 2.13. The lowest BCUT2D eigenvalue weighted by atomic mass is 10.5. The van der Waals surface area contributed by atoms with Crippen molar-refractivity contribution in [3.63, 3.8) is 0 Å². The van der Waals surface area contributed by atoms with Gasteiger partial charge in [-0.25, -0.2) is 4.98 Å². The van der Waals surface area contributed by atoms with Crippen LogP contribution in [0.2, 0.25) is 0 Å². The lowest BCUT2D eigenvalue weighted by Gasteiger charge is -2.26. The minimum absolute atomic E-state index is 0.562. The standard InChI is InChI=1S/C9H13N3O2S/c1-14-8-2-3-10-9(11-8)12-4-6-15(13)7-5-12/h2-3H,4-7H2,1H3. The fraction of sp³-hybridized carbons (Fsp3) is 0.556. The van der Waals surface area contributed by atoms with E-state index in [9.17, 15) is 4.21 Å². The van der Waals surface area contributed by atoms with Crippen LogP contribution in [0, 0.1) is 0 Å². The zero-order valence-corrected chi connectivity index (χ0v) is 9.37. The summed E-state index contributed by atoms with van der Waals surface area (Å²) in [7, 11) is 0.910. The molecule has 15 heavy (non-hydrogen) atoms. The van der Waals surface area contributed by atoms with E-state index in [1.165, 1.54) is 0 Å². The smallest absolute Gasteiger partial charge is 0.228 e. The molecule has 1 aromatic rings. The average Bonchev–Trinajstić information content (AvgIpc) is 2.30. The number of ether oxygens (including phenoxy) is 1. The van der Waals surface area contributed by atoms with Crippen LogP contribution in [-0.2, 0) is 10.8 Å². The molecule has 2 rings (SSSR count). The number of hydrogen-bond donors (Lipinski definition) is 0. The van der Waals surface area contributed by atoms with Gasteiger partial charge in [0.25, 0.3) is 0 Å². The molecule has 1 saturated heterocycles. The third-order valence-corrected chi connectivity index (χ3v) is 3.56. The van der Waals surface area contributed by atoms with Crippen molar-refractivity contribution in [2.24, 2.45) is 0 Å². The maximum Gasteiger partial charge on any atom is 0.228 e. The van der Waals surface area contributed by atoms with Gasteiger partial charge in [0.15, 0.2) is 0 Å². The van der Waals surface area contributed by atoms with Crippen molar-refractivity contribution >= 4 is 16.7 Å². The Morgan fingerprint density at radius 3 is 2.87 bits per heavy atom. The van der Waals surface area contributed by atoms with Crippen molar-refractivity contribution in [1.82, 2.24) is 9.97 Å². The van der Waals surface area contributed by atoms with Gasteiger partial charge >= 0.3 is 0 Å². The molecule has 0 unspecified atom stereocenters. The first kappa shape index (κ1) is 10.4. The molecule has 0 amide bonds. The van der Waals surface area contributed by atoms with Crippen LogP contribution in [0.5, 0.6) is 5.88 Å². The molecule has 1 aromatic heterocycles. The van der Waals surface area contributed by atoms with Gasteiger partial charge in [-0.1, -0.05) is 0 Å². The first-order valence-electron chi connectivity index (χ1n) is 4.76. The van der Waals surface area contributed by atoms with E-state index in [4.69, 9.17) is 4.74 Å². The predicted molar refractivity (Wildman–Crippen MR) is 58.7 cm³/mol. The summed E-state index contributed by atoms with van der Waals surface area (Å²) in [5.41, 5.74) is 0. The molecule has 0 aliphatic carbocycles. The Kier molecular flexibility index (Phi) is 3.15. The second-order valence-electron chi connectivity index (χ2n) is 3.23. The molecule has 5 nitrogen and oxygen atoms in total. The lowest BCUT2D eigenvalue weighted by Crippen LogP contribution is -2.38. The van der Waals surface area contributed by atoms with Gasteiger partial charge in [-0.15, -0.1) is 0 Å². The highest BCUT2D eigenvalue weighted by molar-refractivity contribution is 7.85. The summed E-state index contributed by atoms with van der Waals surface area (Å²) in [6, 6.07) is 1.71. The first-order chi connectivity index (χ1) is 7.29. The van der Waals surface area contributed by atoms with E-state index in [-0.39, 0.29) is 0 Å². The molecule has 82 valence electrons. The summed E-state index contributed by atoms with van der Waals surface area (Å²) < 4.78 is 16.2. The molecule has 0 atom stereocenters. The van der Waals surface area contributed by atoms with Crippen LogP contribution in [-0.4, -0.2) is 45.9 Å². The van der Waals surface area contributed by atoms with Gasteiger partial charge in [0.05, 0.1) is 7.11 Å². The zero-order valence-electron chi connectivity index (χ0n) is 8.55. The van der Waals surface area contributed by atoms with Gasteiger partial charge in [0, 0.05) is 47.7 Å². The van der Waals surface area contributed by atoms with E-state index in [0.29, 0.717) is 23.3 Å². The van der Waals surface area contributed by atoms with E-state index in [2.05, 4.69) is 9.97 Å². The predicted octanol–water partition coefficient (Wildman–Crippen LogP) is 0.0539. The van der Waals surface area contributed by atoms with Crippen LogP contribution >= 0.6 is 0 Å². The highest BCUT2D eigenvalue weighted by atomic mass is 32.2. The van der Waals surface area contributed by atoms with Gasteiger partial charge in [-0.05, 0) is 0 Å². The maximum absolute atomic E-state index is 11.2. The molecule has 2 heterocycles. The first-order valence-corrected chi connectivity index (χ1v) is 6.25. The largest absolute Gasteiger partial charge is 0.481 e. The highest BCUT2D eigenvalue weighted by Gasteiger charge is 2.17. The van der Waals surface area contributed by atoms with Crippen LogP contribution in [0.25, 0.3) is 0 Å². The van der Waals surface area contributed by atoms with Gasteiger partial charge < -0.3 is 9.64 Å². The second-order valence-corrected chi connectivity index (χ2v) is 4.93. The van der Waals surface area contributed by atoms with E-state index in [1.807, 2.05) is 4.90 Å². The van der Waals surface area contributed by atoms with Crippen LogP contribution in [0.1, 0.15) is 0 Å². The Bertz CT molecular complexity index is 362. The van der Waals surface area contributed by atoms with Gasteiger partial charge in [0.1, 0.15) is 0 Å². The van der Waals surface area contributed by atoms with E-state index >= 15 is 0 Å².